The number of thiazole rings is 1. The van der Waals surface area contributed by atoms with Crippen molar-refractivity contribution in [3.05, 3.63) is 15.6 Å². The van der Waals surface area contributed by atoms with Gasteiger partial charge in [0.1, 0.15) is 5.01 Å². The Labute approximate surface area is 135 Å². The van der Waals surface area contributed by atoms with Crippen LogP contribution in [0.3, 0.4) is 0 Å². The Morgan fingerprint density at radius 3 is 3.18 bits per heavy atom. The molecule has 0 bridgehead atoms. The molecule has 22 heavy (non-hydrogen) atoms. The molecule has 3 rings (SSSR count). The fourth-order valence-corrected chi connectivity index (χ4v) is 4.41. The molecule has 7 heteroatoms. The first kappa shape index (κ1) is 15.9. The molecule has 2 heterocycles. The first-order valence-electron chi connectivity index (χ1n) is 7.88. The van der Waals surface area contributed by atoms with Crippen LogP contribution in [0.25, 0.3) is 0 Å². The van der Waals surface area contributed by atoms with E-state index in [0.717, 1.165) is 39.2 Å². The van der Waals surface area contributed by atoms with E-state index in [9.17, 15) is 4.79 Å². The second-order valence-corrected chi connectivity index (χ2v) is 7.39. The first-order chi connectivity index (χ1) is 10.6. The summed E-state index contributed by atoms with van der Waals surface area (Å²) in [5.74, 6) is -0.299. The zero-order valence-electron chi connectivity index (χ0n) is 13.1. The number of nitrogens with two attached hydrogens (primary N) is 1. The highest BCUT2D eigenvalue weighted by atomic mass is 32.1. The van der Waals surface area contributed by atoms with Gasteiger partial charge in [-0.25, -0.2) is 4.98 Å². The SMILES string of the molecule is CN(CC(N)=O)C[C@H]1CN(Cc2nc3c(s2)CCC3)CCO1. The van der Waals surface area contributed by atoms with Crippen molar-refractivity contribution in [1.29, 1.82) is 0 Å². The van der Waals surface area contributed by atoms with Crippen LogP contribution in [0.15, 0.2) is 0 Å². The zero-order valence-corrected chi connectivity index (χ0v) is 13.9. The number of carbonyl (C=O) groups excluding carboxylic acids is 1. The Morgan fingerprint density at radius 2 is 2.41 bits per heavy atom. The molecule has 1 aliphatic heterocycles. The van der Waals surface area contributed by atoms with Gasteiger partial charge in [0.05, 0.1) is 31.5 Å². The van der Waals surface area contributed by atoms with Crippen LogP contribution < -0.4 is 5.73 Å². The van der Waals surface area contributed by atoms with Crippen LogP contribution in [-0.4, -0.2) is 66.6 Å². The highest BCUT2D eigenvalue weighted by molar-refractivity contribution is 7.11. The smallest absolute Gasteiger partial charge is 0.231 e. The van der Waals surface area contributed by atoms with Gasteiger partial charge < -0.3 is 10.5 Å². The maximum atomic E-state index is 10.9. The molecular weight excluding hydrogens is 300 g/mol. The van der Waals surface area contributed by atoms with Gasteiger partial charge in [0.2, 0.25) is 5.91 Å². The number of amides is 1. The predicted molar refractivity (Wildman–Crippen MR) is 85.8 cm³/mol. The summed E-state index contributed by atoms with van der Waals surface area (Å²) in [7, 11) is 1.90. The Hall–Kier alpha value is -1.02. The summed E-state index contributed by atoms with van der Waals surface area (Å²) in [4.78, 5) is 21.5. The van der Waals surface area contributed by atoms with Crippen LogP contribution in [0.4, 0.5) is 0 Å². The lowest BCUT2D eigenvalue weighted by Gasteiger charge is -2.34. The maximum Gasteiger partial charge on any atom is 0.231 e. The van der Waals surface area contributed by atoms with E-state index in [4.69, 9.17) is 15.5 Å². The summed E-state index contributed by atoms with van der Waals surface area (Å²) in [5, 5.41) is 1.23. The van der Waals surface area contributed by atoms with Crippen LogP contribution in [-0.2, 0) is 28.9 Å². The number of aryl methyl sites for hydroxylation is 2. The molecule has 0 aromatic carbocycles. The minimum atomic E-state index is -0.299. The van der Waals surface area contributed by atoms with Crippen molar-refractivity contribution in [2.45, 2.75) is 31.9 Å². The number of nitrogens with zero attached hydrogens (tertiary/aromatic N) is 3. The highest BCUT2D eigenvalue weighted by Gasteiger charge is 2.24. The van der Waals surface area contributed by atoms with E-state index < -0.39 is 0 Å². The Kier molecular flexibility index (Phi) is 5.07. The lowest BCUT2D eigenvalue weighted by molar-refractivity contribution is -0.119. The third-order valence-corrected chi connectivity index (χ3v) is 5.30. The van der Waals surface area contributed by atoms with Crippen molar-refractivity contribution < 1.29 is 9.53 Å². The Bertz CT molecular complexity index is 512. The van der Waals surface area contributed by atoms with Crippen molar-refractivity contribution in [3.63, 3.8) is 0 Å². The summed E-state index contributed by atoms with van der Waals surface area (Å²) in [6.45, 7) is 4.48. The van der Waals surface area contributed by atoms with Crippen molar-refractivity contribution in [2.24, 2.45) is 5.73 Å². The Balaban J connectivity index is 1.50. The number of morpholine rings is 1. The average molecular weight is 324 g/mol. The molecule has 1 fully saturated rings. The molecule has 0 saturated carbocycles. The maximum absolute atomic E-state index is 10.9. The third kappa shape index (κ3) is 4.04. The van der Waals surface area contributed by atoms with Gasteiger partial charge >= 0.3 is 0 Å². The average Bonchev–Trinajstić information content (AvgIpc) is 2.98. The molecule has 2 N–H and O–H groups in total. The van der Waals surface area contributed by atoms with Crippen molar-refractivity contribution >= 4 is 17.2 Å². The molecule has 122 valence electrons. The number of rotatable bonds is 6. The predicted octanol–water partition coefficient (Wildman–Crippen LogP) is 0.250. The molecule has 1 aromatic rings. The standard InChI is InChI=1S/C15H24N4O2S/c1-18(9-14(16)20)7-11-8-19(5-6-21-11)10-15-17-12-3-2-4-13(12)22-15/h11H,2-10H2,1H3,(H2,16,20)/t11-/m0/s1. The number of carbonyl (C=O) groups is 1. The molecule has 1 aromatic heterocycles. The molecule has 1 saturated heterocycles. The monoisotopic (exact) mass is 324 g/mol. The highest BCUT2D eigenvalue weighted by Crippen LogP contribution is 2.28. The van der Waals surface area contributed by atoms with E-state index >= 15 is 0 Å². The molecule has 0 radical (unpaired) electrons. The molecule has 1 aliphatic carbocycles. The van der Waals surface area contributed by atoms with Gasteiger partial charge in [-0.05, 0) is 26.3 Å². The lowest BCUT2D eigenvalue weighted by Crippen LogP contribution is -2.47. The van der Waals surface area contributed by atoms with E-state index in [2.05, 4.69) is 4.90 Å². The molecule has 1 amide bonds. The molecule has 0 spiro atoms. The summed E-state index contributed by atoms with van der Waals surface area (Å²) < 4.78 is 5.81. The van der Waals surface area contributed by atoms with E-state index in [1.165, 1.54) is 28.4 Å². The van der Waals surface area contributed by atoms with Crippen molar-refractivity contribution in [1.82, 2.24) is 14.8 Å². The van der Waals surface area contributed by atoms with Gasteiger partial charge in [-0.1, -0.05) is 0 Å². The summed E-state index contributed by atoms with van der Waals surface area (Å²) in [6.07, 6.45) is 3.75. The van der Waals surface area contributed by atoms with Crippen LogP contribution in [0.5, 0.6) is 0 Å². The first-order valence-corrected chi connectivity index (χ1v) is 8.70. The minimum Gasteiger partial charge on any atom is -0.374 e. The van der Waals surface area contributed by atoms with Gasteiger partial charge in [-0.3, -0.25) is 14.6 Å². The van der Waals surface area contributed by atoms with Crippen molar-refractivity contribution in [3.8, 4) is 0 Å². The van der Waals surface area contributed by atoms with E-state index in [1.807, 2.05) is 23.3 Å². The normalized spacial score (nSPS) is 22.2. The van der Waals surface area contributed by atoms with Gasteiger partial charge in [0.25, 0.3) is 0 Å². The molecule has 2 aliphatic rings. The van der Waals surface area contributed by atoms with Gasteiger partial charge in [0, 0.05) is 24.5 Å². The van der Waals surface area contributed by atoms with Gasteiger partial charge in [-0.15, -0.1) is 11.3 Å². The minimum absolute atomic E-state index is 0.130. The summed E-state index contributed by atoms with van der Waals surface area (Å²) in [6, 6.07) is 0. The van der Waals surface area contributed by atoms with E-state index in [-0.39, 0.29) is 18.6 Å². The topological polar surface area (TPSA) is 71.7 Å². The quantitative estimate of drug-likeness (QED) is 0.812. The molecule has 1 atom stereocenters. The zero-order chi connectivity index (χ0) is 15.5. The largest absolute Gasteiger partial charge is 0.374 e. The van der Waals surface area contributed by atoms with Crippen LogP contribution in [0.2, 0.25) is 0 Å². The third-order valence-electron chi connectivity index (χ3n) is 4.16. The Morgan fingerprint density at radius 1 is 1.55 bits per heavy atom. The summed E-state index contributed by atoms with van der Waals surface area (Å²) in [5.41, 5.74) is 6.55. The number of ether oxygens (including phenoxy) is 1. The number of primary amides is 1. The van der Waals surface area contributed by atoms with Crippen LogP contribution in [0, 0.1) is 0 Å². The number of hydrogen-bond donors (Lipinski definition) is 1. The van der Waals surface area contributed by atoms with Crippen LogP contribution >= 0.6 is 11.3 Å². The fourth-order valence-electron chi connectivity index (χ4n) is 3.22. The fraction of sp³-hybridized carbons (Fsp3) is 0.733. The van der Waals surface area contributed by atoms with E-state index in [1.54, 1.807) is 0 Å². The van der Waals surface area contributed by atoms with Crippen molar-refractivity contribution in [2.75, 3.05) is 39.8 Å². The molecule has 6 nitrogen and oxygen atoms in total. The molecular formula is C15H24N4O2S. The molecule has 0 unspecified atom stereocenters. The second-order valence-electron chi connectivity index (χ2n) is 6.22. The number of fused-ring (bicyclic) bond motifs is 1. The second kappa shape index (κ2) is 7.04. The number of likely N-dealkylation sites (N-methyl/N-ethyl adjacent to an activating group) is 1. The lowest BCUT2D eigenvalue weighted by atomic mass is 10.2. The van der Waals surface area contributed by atoms with Crippen LogP contribution in [0.1, 0.15) is 22.0 Å². The summed E-state index contributed by atoms with van der Waals surface area (Å²) >= 11 is 1.87. The van der Waals surface area contributed by atoms with Gasteiger partial charge in [0.15, 0.2) is 0 Å². The number of hydrogen-bond acceptors (Lipinski definition) is 6. The van der Waals surface area contributed by atoms with Gasteiger partial charge in [-0.2, -0.15) is 0 Å². The van der Waals surface area contributed by atoms with E-state index in [0.29, 0.717) is 0 Å². The number of aromatic nitrogens is 1.